The summed E-state index contributed by atoms with van der Waals surface area (Å²) in [7, 11) is 0. The summed E-state index contributed by atoms with van der Waals surface area (Å²) < 4.78 is 0. The first kappa shape index (κ1) is 21.6. The van der Waals surface area contributed by atoms with Gasteiger partial charge in [0.1, 0.15) is 4.88 Å². The predicted octanol–water partition coefficient (Wildman–Crippen LogP) is 2.40. The number of aromatic nitrogens is 1. The quantitative estimate of drug-likeness (QED) is 0.836. The Bertz CT molecular complexity index is 540. The molecular weight excluding hydrogens is 367 g/mol. The Hall–Kier alpha value is -0.400. The minimum Gasteiger partial charge on any atom is -0.336 e. The van der Waals surface area contributed by atoms with Crippen LogP contribution in [0, 0.1) is 0 Å². The number of nitrogens with zero attached hydrogens (tertiary/aromatic N) is 3. The van der Waals surface area contributed by atoms with E-state index in [1.807, 2.05) is 4.90 Å². The molecule has 0 bridgehead atoms. The van der Waals surface area contributed by atoms with Crippen LogP contribution in [-0.2, 0) is 5.41 Å². The van der Waals surface area contributed by atoms with Gasteiger partial charge in [0, 0.05) is 50.7 Å². The lowest BCUT2D eigenvalue weighted by molar-refractivity contribution is 0.0778. The molecule has 5 nitrogen and oxygen atoms in total. The molecule has 8 heteroatoms. The Labute approximate surface area is 161 Å². The van der Waals surface area contributed by atoms with Crippen LogP contribution in [0.1, 0.15) is 41.9 Å². The second kappa shape index (κ2) is 8.81. The van der Waals surface area contributed by atoms with Crippen LogP contribution in [0.25, 0.3) is 0 Å². The van der Waals surface area contributed by atoms with Crippen molar-refractivity contribution in [2.75, 3.05) is 39.3 Å². The molecule has 1 aromatic heterocycles. The van der Waals surface area contributed by atoms with Gasteiger partial charge in [0.2, 0.25) is 0 Å². The highest BCUT2D eigenvalue weighted by molar-refractivity contribution is 7.13. The van der Waals surface area contributed by atoms with E-state index < -0.39 is 0 Å². The van der Waals surface area contributed by atoms with E-state index in [1.165, 1.54) is 0 Å². The van der Waals surface area contributed by atoms with Crippen LogP contribution in [0.15, 0.2) is 6.20 Å². The highest BCUT2D eigenvalue weighted by atomic mass is 35.5. The van der Waals surface area contributed by atoms with Gasteiger partial charge in [0.25, 0.3) is 5.91 Å². The summed E-state index contributed by atoms with van der Waals surface area (Å²) in [4.78, 5) is 22.4. The van der Waals surface area contributed by atoms with Crippen molar-refractivity contribution in [1.29, 1.82) is 0 Å². The van der Waals surface area contributed by atoms with Crippen LogP contribution in [0.2, 0.25) is 0 Å². The Morgan fingerprint density at radius 2 is 1.92 bits per heavy atom. The molecule has 1 atom stereocenters. The van der Waals surface area contributed by atoms with E-state index in [9.17, 15) is 4.79 Å². The van der Waals surface area contributed by atoms with Crippen molar-refractivity contribution in [3.8, 4) is 0 Å². The van der Waals surface area contributed by atoms with E-state index in [0.717, 1.165) is 55.6 Å². The summed E-state index contributed by atoms with van der Waals surface area (Å²) in [6.07, 6.45) is 2.85. The third kappa shape index (κ3) is 4.82. The normalized spacial score (nSPS) is 22.0. The average Bonchev–Trinajstić information content (AvgIpc) is 3.16. The molecule has 1 unspecified atom stereocenters. The first-order chi connectivity index (χ1) is 10.4. The maximum absolute atomic E-state index is 12.7. The van der Waals surface area contributed by atoms with Gasteiger partial charge in [-0.3, -0.25) is 9.69 Å². The number of thiazole rings is 1. The number of hydrogen-bond donors (Lipinski definition) is 1. The van der Waals surface area contributed by atoms with Crippen LogP contribution in [-0.4, -0.2) is 66.0 Å². The fourth-order valence-electron chi connectivity index (χ4n) is 3.15. The molecule has 0 spiro atoms. The molecule has 2 aliphatic heterocycles. The molecule has 2 saturated heterocycles. The summed E-state index contributed by atoms with van der Waals surface area (Å²) in [6.45, 7) is 12.5. The van der Waals surface area contributed by atoms with Gasteiger partial charge in [-0.15, -0.1) is 36.2 Å². The molecular formula is C16H28Cl2N4OS. The van der Waals surface area contributed by atoms with E-state index in [0.29, 0.717) is 6.04 Å². The minimum absolute atomic E-state index is 0. The van der Waals surface area contributed by atoms with Crippen LogP contribution in [0.3, 0.4) is 0 Å². The van der Waals surface area contributed by atoms with Crippen LogP contribution >= 0.6 is 36.2 Å². The fourth-order valence-corrected chi connectivity index (χ4v) is 4.09. The smallest absolute Gasteiger partial charge is 0.265 e. The molecule has 3 rings (SSSR count). The van der Waals surface area contributed by atoms with Gasteiger partial charge >= 0.3 is 0 Å². The molecule has 3 heterocycles. The first-order valence-electron chi connectivity index (χ1n) is 8.15. The number of carbonyl (C=O) groups excluding carboxylic acids is 1. The van der Waals surface area contributed by atoms with Gasteiger partial charge in [-0.05, 0) is 6.42 Å². The molecule has 2 aliphatic rings. The second-order valence-electron chi connectivity index (χ2n) is 7.26. The fraction of sp³-hybridized carbons (Fsp3) is 0.750. The molecule has 0 radical (unpaired) electrons. The molecule has 138 valence electrons. The number of likely N-dealkylation sites (tertiary alicyclic amines) is 1. The van der Waals surface area contributed by atoms with E-state index in [-0.39, 0.29) is 36.1 Å². The third-order valence-electron chi connectivity index (χ3n) is 4.48. The monoisotopic (exact) mass is 394 g/mol. The molecule has 1 aromatic rings. The minimum atomic E-state index is 0. The van der Waals surface area contributed by atoms with E-state index >= 15 is 0 Å². The number of halogens is 2. The summed E-state index contributed by atoms with van der Waals surface area (Å²) >= 11 is 1.55. The third-order valence-corrected chi connectivity index (χ3v) is 5.89. The van der Waals surface area contributed by atoms with Crippen molar-refractivity contribution in [1.82, 2.24) is 20.1 Å². The van der Waals surface area contributed by atoms with Gasteiger partial charge in [-0.1, -0.05) is 20.8 Å². The summed E-state index contributed by atoms with van der Waals surface area (Å²) in [5, 5.41) is 4.42. The number of piperazine rings is 1. The molecule has 2 fully saturated rings. The molecule has 24 heavy (non-hydrogen) atoms. The Balaban J connectivity index is 0.00000144. The van der Waals surface area contributed by atoms with E-state index in [1.54, 1.807) is 17.5 Å². The molecule has 0 aromatic carbocycles. The summed E-state index contributed by atoms with van der Waals surface area (Å²) in [5.74, 6) is 0.158. The topological polar surface area (TPSA) is 48.5 Å². The number of carbonyl (C=O) groups is 1. The van der Waals surface area contributed by atoms with E-state index in [4.69, 9.17) is 0 Å². The first-order valence-corrected chi connectivity index (χ1v) is 8.97. The van der Waals surface area contributed by atoms with Crippen LogP contribution in [0.5, 0.6) is 0 Å². The van der Waals surface area contributed by atoms with Crippen molar-refractivity contribution in [2.45, 2.75) is 38.6 Å². The van der Waals surface area contributed by atoms with Crippen molar-refractivity contribution in [2.24, 2.45) is 0 Å². The summed E-state index contributed by atoms with van der Waals surface area (Å²) in [5.41, 5.74) is 0.0115. The van der Waals surface area contributed by atoms with Gasteiger partial charge < -0.3 is 10.2 Å². The van der Waals surface area contributed by atoms with Crippen LogP contribution in [0.4, 0.5) is 0 Å². The molecule has 1 amide bonds. The second-order valence-corrected chi connectivity index (χ2v) is 8.29. The van der Waals surface area contributed by atoms with Gasteiger partial charge in [0.15, 0.2) is 0 Å². The number of hydrogen-bond acceptors (Lipinski definition) is 5. The van der Waals surface area contributed by atoms with Gasteiger partial charge in [-0.25, -0.2) is 4.98 Å². The van der Waals surface area contributed by atoms with Gasteiger partial charge in [-0.2, -0.15) is 0 Å². The highest BCUT2D eigenvalue weighted by Crippen LogP contribution is 2.28. The Kier molecular flexibility index (Phi) is 7.94. The zero-order valence-electron chi connectivity index (χ0n) is 14.6. The average molecular weight is 395 g/mol. The lowest BCUT2D eigenvalue weighted by Crippen LogP contribution is -2.49. The van der Waals surface area contributed by atoms with Crippen molar-refractivity contribution >= 4 is 42.1 Å². The maximum atomic E-state index is 12.7. The maximum Gasteiger partial charge on any atom is 0.265 e. The van der Waals surface area contributed by atoms with Crippen molar-refractivity contribution < 1.29 is 4.79 Å². The zero-order chi connectivity index (χ0) is 15.7. The molecule has 0 saturated carbocycles. The number of nitrogens with one attached hydrogen (secondary N) is 1. The summed E-state index contributed by atoms with van der Waals surface area (Å²) in [6, 6.07) is 0.529. The lowest BCUT2D eigenvalue weighted by atomic mass is 9.98. The van der Waals surface area contributed by atoms with E-state index in [2.05, 4.69) is 36.0 Å². The van der Waals surface area contributed by atoms with Crippen LogP contribution < -0.4 is 5.32 Å². The zero-order valence-corrected chi connectivity index (χ0v) is 17.0. The Morgan fingerprint density at radius 1 is 1.25 bits per heavy atom. The Morgan fingerprint density at radius 3 is 2.50 bits per heavy atom. The number of rotatable bonds is 2. The molecule has 0 aliphatic carbocycles. The lowest BCUT2D eigenvalue weighted by Gasteiger charge is -2.32. The SMILES string of the molecule is CC(C)(C)c1ncc(C(=O)N2CCC(N3CCNCC3)C2)s1.Cl.Cl. The predicted molar refractivity (Wildman–Crippen MR) is 104 cm³/mol. The van der Waals surface area contributed by atoms with Crippen molar-refractivity contribution in [3.63, 3.8) is 0 Å². The van der Waals surface area contributed by atoms with Gasteiger partial charge in [0.05, 0.1) is 11.2 Å². The molecule has 1 N–H and O–H groups in total. The number of amides is 1. The van der Waals surface area contributed by atoms with Crippen molar-refractivity contribution in [3.05, 3.63) is 16.1 Å². The largest absolute Gasteiger partial charge is 0.336 e. The standard InChI is InChI=1S/C16H26N4OS.2ClH/c1-16(2,3)15-18-10-13(22-15)14(21)20-7-4-12(11-20)19-8-5-17-6-9-19;;/h10,12,17H,4-9,11H2,1-3H3;2*1H. The highest BCUT2D eigenvalue weighted by Gasteiger charge is 2.32.